The fourth-order valence-corrected chi connectivity index (χ4v) is 7.57. The van der Waals surface area contributed by atoms with Crippen molar-refractivity contribution in [3.63, 3.8) is 0 Å². The second-order valence-electron chi connectivity index (χ2n) is 15.1. The molecule has 2 fully saturated rings. The van der Waals surface area contributed by atoms with E-state index < -0.39 is 29.5 Å². The largest absolute Gasteiger partial charge is 0.391 e. The van der Waals surface area contributed by atoms with E-state index in [-0.39, 0.29) is 55.6 Å². The van der Waals surface area contributed by atoms with Crippen LogP contribution in [0.25, 0.3) is 10.4 Å². The number of aryl methyl sites for hydroxylation is 1. The molecule has 2 aliphatic heterocycles. The Bertz CT molecular complexity index is 1710. The monoisotopic (exact) mass is 782 g/mol. The van der Waals surface area contributed by atoms with Gasteiger partial charge in [-0.05, 0) is 55.4 Å². The van der Waals surface area contributed by atoms with Crippen molar-refractivity contribution in [1.29, 1.82) is 0 Å². The number of carbonyl (C=O) groups excluding carboxylic acids is 4. The molecule has 0 spiro atoms. The molecule has 5 rings (SSSR count). The minimum absolute atomic E-state index is 0. The average molecular weight is 783 g/mol. The Balaban J connectivity index is 0.00000650. The molecule has 3 aromatic rings. The van der Waals surface area contributed by atoms with Crippen molar-refractivity contribution in [3.05, 3.63) is 65.1 Å². The van der Waals surface area contributed by atoms with Gasteiger partial charge < -0.3 is 36.2 Å². The number of β-amino-alcohol motifs (C(OH)–C–C–N with tert-alkyl or cyclic N) is 1. The number of nitrogens with one attached hydrogen (secondary N) is 4. The van der Waals surface area contributed by atoms with Crippen LogP contribution in [0.15, 0.2) is 48.1 Å². The number of piperazine rings is 1. The van der Waals surface area contributed by atoms with Gasteiger partial charge in [0.15, 0.2) is 0 Å². The van der Waals surface area contributed by atoms with Gasteiger partial charge in [0.05, 0.1) is 40.1 Å². The van der Waals surface area contributed by atoms with E-state index in [1.165, 1.54) is 4.90 Å². The number of rotatable bonds is 14. The summed E-state index contributed by atoms with van der Waals surface area (Å²) < 4.78 is 0. The van der Waals surface area contributed by atoms with Crippen LogP contribution in [0.4, 0.5) is 5.69 Å². The number of benzene rings is 1. The second-order valence-corrected chi connectivity index (χ2v) is 15.9. The number of nitrogens with zero attached hydrogens (tertiary/aromatic N) is 4. The van der Waals surface area contributed by atoms with Gasteiger partial charge in [-0.15, -0.1) is 23.7 Å². The molecule has 4 atom stereocenters. The molecule has 0 saturated carbocycles. The van der Waals surface area contributed by atoms with E-state index in [2.05, 4.69) is 36.1 Å². The number of thiazole rings is 1. The molecule has 4 heterocycles. The maximum Gasteiger partial charge on any atom is 0.269 e. The van der Waals surface area contributed by atoms with E-state index in [0.29, 0.717) is 31.5 Å². The van der Waals surface area contributed by atoms with Crippen LogP contribution >= 0.6 is 23.7 Å². The van der Waals surface area contributed by atoms with Crippen LogP contribution in [0.1, 0.15) is 87.6 Å². The molecule has 0 bridgehead atoms. The lowest BCUT2D eigenvalue weighted by molar-refractivity contribution is -0.144. The summed E-state index contributed by atoms with van der Waals surface area (Å²) in [4.78, 5) is 66.6. The molecule has 294 valence electrons. The summed E-state index contributed by atoms with van der Waals surface area (Å²) in [5.41, 5.74) is 5.49. The van der Waals surface area contributed by atoms with E-state index in [9.17, 15) is 24.3 Å². The zero-order chi connectivity index (χ0) is 38.1. The molecule has 0 aliphatic carbocycles. The standard InChI is InChI=1S/C39H54N8O5S.ClH/c1-25(27-10-12-28(13-11-27)34-26(2)43-24-53-34)44-37(51)32-21-30(48)23-47(32)38(52)35(39(3,4)5)45-33(49)9-7-6-8-16-41-36(50)31-15-14-29(22-42-31)46-19-17-40-18-20-46;/h10-15,22,24-25,30,32,35,40,48H,6-9,16-21,23H2,1-5H3,(H,41,50)(H,44,51)(H,45,49);1H/t25-,30+,32-,35+;/m0./s1. The first kappa shape index (κ1) is 42.6. The van der Waals surface area contributed by atoms with Crippen molar-refractivity contribution in [2.45, 2.75) is 91.0 Å². The Hall–Kier alpha value is -4.11. The number of aromatic nitrogens is 2. The molecule has 54 heavy (non-hydrogen) atoms. The van der Waals surface area contributed by atoms with E-state index in [1.807, 2.05) is 70.5 Å². The van der Waals surface area contributed by atoms with Gasteiger partial charge in [0, 0.05) is 52.1 Å². The SMILES string of the molecule is Cc1ncsc1-c1ccc([C@H](C)NC(=O)[C@@H]2C[C@@H](O)CN2C(=O)[C@@H](NC(=O)CCCCCNC(=O)c2ccc(N3CCNCC3)cn2)C(C)(C)C)cc1.Cl. The van der Waals surface area contributed by atoms with E-state index >= 15 is 0 Å². The van der Waals surface area contributed by atoms with Crippen molar-refractivity contribution >= 4 is 53.1 Å². The maximum atomic E-state index is 14.0. The second kappa shape index (κ2) is 19.5. The Morgan fingerprint density at radius 3 is 2.35 bits per heavy atom. The number of unbranched alkanes of at least 4 members (excludes halogenated alkanes) is 2. The summed E-state index contributed by atoms with van der Waals surface area (Å²) in [5, 5.41) is 22.7. The van der Waals surface area contributed by atoms with E-state index in [1.54, 1.807) is 23.6 Å². The summed E-state index contributed by atoms with van der Waals surface area (Å²) in [6.07, 6.45) is 3.21. The highest BCUT2D eigenvalue weighted by Gasteiger charge is 2.44. The minimum Gasteiger partial charge on any atom is -0.391 e. The number of aliphatic hydroxyl groups is 1. The molecular formula is C39H55ClN8O5S. The van der Waals surface area contributed by atoms with Crippen LogP contribution in [0, 0.1) is 12.3 Å². The van der Waals surface area contributed by atoms with Gasteiger partial charge in [-0.25, -0.2) is 9.97 Å². The van der Waals surface area contributed by atoms with E-state index in [0.717, 1.165) is 53.6 Å². The molecule has 1 aromatic carbocycles. The smallest absolute Gasteiger partial charge is 0.269 e. The highest BCUT2D eigenvalue weighted by Crippen LogP contribution is 2.29. The predicted octanol–water partition coefficient (Wildman–Crippen LogP) is 4.01. The lowest BCUT2D eigenvalue weighted by atomic mass is 9.85. The third-order valence-corrected chi connectivity index (χ3v) is 10.9. The quantitative estimate of drug-likeness (QED) is 0.152. The van der Waals surface area contributed by atoms with Gasteiger partial charge in [0.1, 0.15) is 17.8 Å². The van der Waals surface area contributed by atoms with Crippen molar-refractivity contribution in [1.82, 2.24) is 36.1 Å². The first-order chi connectivity index (χ1) is 25.3. The summed E-state index contributed by atoms with van der Waals surface area (Å²) in [7, 11) is 0. The highest BCUT2D eigenvalue weighted by atomic mass is 35.5. The van der Waals surface area contributed by atoms with Crippen LogP contribution in [-0.4, -0.2) is 101 Å². The van der Waals surface area contributed by atoms with Crippen LogP contribution in [-0.2, 0) is 14.4 Å². The fraction of sp³-hybridized carbons (Fsp3) is 0.538. The normalized spacial score (nSPS) is 18.3. The summed E-state index contributed by atoms with van der Waals surface area (Å²) >= 11 is 1.58. The number of aliphatic hydroxyl groups excluding tert-OH is 1. The maximum absolute atomic E-state index is 14.0. The third kappa shape index (κ3) is 11.2. The summed E-state index contributed by atoms with van der Waals surface area (Å²) in [6, 6.07) is 9.55. The number of halogens is 1. The molecule has 2 aliphatic rings. The number of hydrogen-bond donors (Lipinski definition) is 5. The zero-order valence-electron chi connectivity index (χ0n) is 31.9. The van der Waals surface area contributed by atoms with Gasteiger partial charge in [-0.2, -0.15) is 0 Å². The van der Waals surface area contributed by atoms with Crippen LogP contribution in [0.5, 0.6) is 0 Å². The third-order valence-electron chi connectivity index (χ3n) is 9.89. The van der Waals surface area contributed by atoms with Crippen molar-refractivity contribution < 1.29 is 24.3 Å². The molecule has 4 amide bonds. The number of likely N-dealkylation sites (tertiary alicyclic amines) is 1. The van der Waals surface area contributed by atoms with Crippen LogP contribution in [0.3, 0.4) is 0 Å². The Kier molecular flexibility index (Phi) is 15.4. The first-order valence-corrected chi connectivity index (χ1v) is 19.5. The van der Waals surface area contributed by atoms with Crippen molar-refractivity contribution in [2.24, 2.45) is 5.41 Å². The average Bonchev–Trinajstić information content (AvgIpc) is 3.76. The molecule has 0 radical (unpaired) electrons. The number of carbonyl (C=O) groups is 4. The summed E-state index contributed by atoms with van der Waals surface area (Å²) in [6.45, 7) is 13.6. The topological polar surface area (TPSA) is 169 Å². The van der Waals surface area contributed by atoms with Gasteiger partial charge in [-0.3, -0.25) is 19.2 Å². The lowest BCUT2D eigenvalue weighted by Gasteiger charge is -2.35. The van der Waals surface area contributed by atoms with Gasteiger partial charge >= 0.3 is 0 Å². The summed E-state index contributed by atoms with van der Waals surface area (Å²) in [5.74, 6) is -1.23. The molecule has 0 unspecified atom stereocenters. The van der Waals surface area contributed by atoms with Gasteiger partial charge in [-0.1, -0.05) is 51.5 Å². The minimum atomic E-state index is -0.888. The zero-order valence-corrected chi connectivity index (χ0v) is 33.5. The predicted molar refractivity (Wildman–Crippen MR) is 214 cm³/mol. The number of hydrogen-bond acceptors (Lipinski definition) is 10. The Morgan fingerprint density at radius 2 is 1.72 bits per heavy atom. The fourth-order valence-electron chi connectivity index (χ4n) is 6.76. The van der Waals surface area contributed by atoms with Crippen LogP contribution < -0.4 is 26.2 Å². The molecule has 2 aromatic heterocycles. The van der Waals surface area contributed by atoms with Gasteiger partial charge in [0.2, 0.25) is 17.7 Å². The first-order valence-electron chi connectivity index (χ1n) is 18.6. The molecule has 15 heteroatoms. The number of amides is 4. The van der Waals surface area contributed by atoms with Crippen molar-refractivity contribution in [2.75, 3.05) is 44.2 Å². The van der Waals surface area contributed by atoms with E-state index in [4.69, 9.17) is 0 Å². The number of anilines is 1. The Labute approximate surface area is 328 Å². The van der Waals surface area contributed by atoms with Gasteiger partial charge in [0.25, 0.3) is 5.91 Å². The molecule has 13 nitrogen and oxygen atoms in total. The highest BCUT2D eigenvalue weighted by molar-refractivity contribution is 7.13. The molecular weight excluding hydrogens is 728 g/mol. The molecule has 5 N–H and O–H groups in total. The Morgan fingerprint density at radius 1 is 1.00 bits per heavy atom. The number of pyridine rings is 1. The lowest BCUT2D eigenvalue weighted by Crippen LogP contribution is -2.57. The van der Waals surface area contributed by atoms with Crippen molar-refractivity contribution in [3.8, 4) is 10.4 Å². The van der Waals surface area contributed by atoms with Crippen LogP contribution in [0.2, 0.25) is 0 Å². The molecule has 2 saturated heterocycles.